The summed E-state index contributed by atoms with van der Waals surface area (Å²) in [4.78, 5) is 21.0. The normalized spacial score (nSPS) is 10.5. The van der Waals surface area contributed by atoms with E-state index in [2.05, 4.69) is 9.97 Å². The molecule has 0 saturated carbocycles. The van der Waals surface area contributed by atoms with Gasteiger partial charge in [0.2, 0.25) is 0 Å². The average Bonchev–Trinajstić information content (AvgIpc) is 2.86. The molecule has 0 aromatic carbocycles. The van der Waals surface area contributed by atoms with Crippen LogP contribution in [0.1, 0.15) is 26.1 Å². The topological polar surface area (TPSA) is 70.5 Å². The quantitative estimate of drug-likeness (QED) is 0.751. The third-order valence-electron chi connectivity index (χ3n) is 2.77. The molecule has 22 heavy (non-hydrogen) atoms. The van der Waals surface area contributed by atoms with Gasteiger partial charge in [0.15, 0.2) is 5.75 Å². The second kappa shape index (κ2) is 7.53. The molecule has 0 atom stereocenters. The largest absolute Gasteiger partial charge is 0.493 e. The average molecular weight is 343 g/mol. The molecule has 0 saturated heterocycles. The van der Waals surface area contributed by atoms with Gasteiger partial charge in [0, 0.05) is 13.3 Å². The molecule has 6 nitrogen and oxygen atoms in total. The molecule has 0 radical (unpaired) electrons. The van der Waals surface area contributed by atoms with Crippen LogP contribution in [0, 0.1) is 6.92 Å². The van der Waals surface area contributed by atoms with Crippen LogP contribution in [0.5, 0.6) is 5.75 Å². The molecule has 0 bridgehead atoms. The van der Waals surface area contributed by atoms with Crippen LogP contribution < -0.4 is 4.74 Å². The lowest BCUT2D eigenvalue weighted by atomic mass is 10.3. The fourth-order valence-electron chi connectivity index (χ4n) is 1.81. The lowest BCUT2D eigenvalue weighted by molar-refractivity contribution is 0.0469. The van der Waals surface area contributed by atoms with Crippen molar-refractivity contribution in [3.63, 3.8) is 0 Å². The zero-order valence-electron chi connectivity index (χ0n) is 12.4. The third-order valence-corrected chi connectivity index (χ3v) is 4.18. The van der Waals surface area contributed by atoms with E-state index in [0.717, 1.165) is 5.01 Å². The number of nitrogens with zero attached hydrogens (tertiary/aromatic N) is 2. The van der Waals surface area contributed by atoms with E-state index in [0.29, 0.717) is 33.6 Å². The SMILES string of the molecule is COCc1nc(C)c(C(=O)OCc2nccc(Cl)c2OC)s1. The Morgan fingerprint density at radius 1 is 1.36 bits per heavy atom. The van der Waals surface area contributed by atoms with E-state index in [9.17, 15) is 4.79 Å². The van der Waals surface area contributed by atoms with E-state index in [-0.39, 0.29) is 6.61 Å². The minimum atomic E-state index is -0.457. The zero-order valence-corrected chi connectivity index (χ0v) is 14.0. The number of thiazole rings is 1. The smallest absolute Gasteiger partial charge is 0.350 e. The lowest BCUT2D eigenvalue weighted by Gasteiger charge is -2.09. The summed E-state index contributed by atoms with van der Waals surface area (Å²) in [5, 5.41) is 1.14. The predicted molar refractivity (Wildman–Crippen MR) is 82.5 cm³/mol. The molecule has 0 fully saturated rings. The number of carbonyl (C=O) groups is 1. The minimum Gasteiger partial charge on any atom is -0.493 e. The second-order valence-electron chi connectivity index (χ2n) is 4.30. The number of rotatable bonds is 6. The van der Waals surface area contributed by atoms with E-state index in [4.69, 9.17) is 25.8 Å². The number of aromatic nitrogens is 2. The fourth-order valence-corrected chi connectivity index (χ4v) is 2.98. The number of hydrogen-bond acceptors (Lipinski definition) is 7. The Morgan fingerprint density at radius 2 is 2.14 bits per heavy atom. The van der Waals surface area contributed by atoms with Gasteiger partial charge in [-0.25, -0.2) is 9.78 Å². The molecule has 0 aliphatic carbocycles. The molecule has 0 amide bonds. The van der Waals surface area contributed by atoms with Gasteiger partial charge in [-0.1, -0.05) is 11.6 Å². The first-order valence-corrected chi connectivity index (χ1v) is 7.56. The second-order valence-corrected chi connectivity index (χ2v) is 5.79. The van der Waals surface area contributed by atoms with Crippen molar-refractivity contribution >= 4 is 28.9 Å². The van der Waals surface area contributed by atoms with Crippen molar-refractivity contribution in [1.29, 1.82) is 0 Å². The Labute approximate surface area is 137 Å². The number of ether oxygens (including phenoxy) is 3. The molecule has 118 valence electrons. The van der Waals surface area contributed by atoms with Crippen LogP contribution >= 0.6 is 22.9 Å². The maximum absolute atomic E-state index is 12.1. The first kappa shape index (κ1) is 16.7. The van der Waals surface area contributed by atoms with Gasteiger partial charge < -0.3 is 14.2 Å². The summed E-state index contributed by atoms with van der Waals surface area (Å²) in [6, 6.07) is 1.61. The summed E-state index contributed by atoms with van der Waals surface area (Å²) in [5.74, 6) is -0.0563. The van der Waals surface area contributed by atoms with E-state index >= 15 is 0 Å². The van der Waals surface area contributed by atoms with Gasteiger partial charge in [-0.15, -0.1) is 11.3 Å². The van der Waals surface area contributed by atoms with Crippen molar-refractivity contribution in [2.24, 2.45) is 0 Å². The highest BCUT2D eigenvalue weighted by Gasteiger charge is 2.18. The van der Waals surface area contributed by atoms with Crippen LogP contribution in [0.25, 0.3) is 0 Å². The van der Waals surface area contributed by atoms with Gasteiger partial charge in [0.1, 0.15) is 22.2 Å². The van der Waals surface area contributed by atoms with Gasteiger partial charge in [0.05, 0.1) is 24.4 Å². The Bertz CT molecular complexity index is 675. The fraction of sp³-hybridized carbons (Fsp3) is 0.357. The van der Waals surface area contributed by atoms with Gasteiger partial charge in [-0.2, -0.15) is 0 Å². The number of esters is 1. The van der Waals surface area contributed by atoms with E-state index in [1.807, 2.05) is 0 Å². The molecular weight excluding hydrogens is 328 g/mol. The summed E-state index contributed by atoms with van der Waals surface area (Å²) in [6.07, 6.45) is 1.53. The number of pyridine rings is 1. The summed E-state index contributed by atoms with van der Waals surface area (Å²) < 4.78 is 15.4. The van der Waals surface area contributed by atoms with Crippen LogP contribution in [-0.4, -0.2) is 30.2 Å². The summed E-state index contributed by atoms with van der Waals surface area (Å²) in [5.41, 5.74) is 1.08. The molecule has 2 aromatic heterocycles. The molecule has 0 spiro atoms. The standard InChI is InChI=1S/C14H15ClN2O4S/c1-8-13(22-11(17-8)7-19-2)14(18)21-6-10-12(20-3)9(15)4-5-16-10/h4-5H,6-7H2,1-3H3. The molecule has 0 aliphatic rings. The summed E-state index contributed by atoms with van der Waals surface area (Å²) in [6.45, 7) is 2.09. The maximum atomic E-state index is 12.1. The maximum Gasteiger partial charge on any atom is 0.350 e. The Morgan fingerprint density at radius 3 is 2.82 bits per heavy atom. The van der Waals surface area contributed by atoms with E-state index in [1.165, 1.54) is 24.6 Å². The third kappa shape index (κ3) is 3.73. The highest BCUT2D eigenvalue weighted by Crippen LogP contribution is 2.27. The van der Waals surface area contributed by atoms with Crippen LogP contribution in [0.2, 0.25) is 5.02 Å². The van der Waals surface area contributed by atoms with Crippen molar-refractivity contribution in [2.45, 2.75) is 20.1 Å². The molecule has 0 unspecified atom stereocenters. The van der Waals surface area contributed by atoms with Gasteiger partial charge in [-0.05, 0) is 13.0 Å². The van der Waals surface area contributed by atoms with Gasteiger partial charge in [-0.3, -0.25) is 4.98 Å². The van der Waals surface area contributed by atoms with Crippen molar-refractivity contribution in [3.8, 4) is 5.75 Å². The van der Waals surface area contributed by atoms with E-state index in [1.54, 1.807) is 20.1 Å². The Balaban J connectivity index is 2.09. The number of methoxy groups -OCH3 is 2. The number of carbonyl (C=O) groups excluding carboxylic acids is 1. The lowest BCUT2D eigenvalue weighted by Crippen LogP contribution is -2.07. The van der Waals surface area contributed by atoms with Crippen LogP contribution in [0.4, 0.5) is 0 Å². The zero-order chi connectivity index (χ0) is 16.1. The van der Waals surface area contributed by atoms with Crippen LogP contribution in [0.15, 0.2) is 12.3 Å². The monoisotopic (exact) mass is 342 g/mol. The van der Waals surface area contributed by atoms with Crippen molar-refractivity contribution in [3.05, 3.63) is 38.6 Å². The molecule has 2 aromatic rings. The van der Waals surface area contributed by atoms with Crippen LogP contribution in [-0.2, 0) is 22.7 Å². The first-order chi connectivity index (χ1) is 10.6. The Kier molecular flexibility index (Phi) is 5.70. The van der Waals surface area contributed by atoms with Crippen LogP contribution in [0.3, 0.4) is 0 Å². The number of aryl methyl sites for hydroxylation is 1. The van der Waals surface area contributed by atoms with Crippen molar-refractivity contribution < 1.29 is 19.0 Å². The summed E-state index contributed by atoms with van der Waals surface area (Å²) >= 11 is 7.25. The molecule has 0 aliphatic heterocycles. The van der Waals surface area contributed by atoms with Crippen molar-refractivity contribution in [1.82, 2.24) is 9.97 Å². The minimum absolute atomic E-state index is 0.0283. The van der Waals surface area contributed by atoms with Gasteiger partial charge >= 0.3 is 5.97 Å². The predicted octanol–water partition coefficient (Wildman–Crippen LogP) is 3.01. The molecule has 2 heterocycles. The van der Waals surface area contributed by atoms with Crippen molar-refractivity contribution in [2.75, 3.05) is 14.2 Å². The number of halogens is 1. The summed E-state index contributed by atoms with van der Waals surface area (Å²) in [7, 11) is 3.06. The number of hydrogen-bond donors (Lipinski definition) is 0. The highest BCUT2D eigenvalue weighted by atomic mass is 35.5. The molecule has 8 heteroatoms. The molecule has 2 rings (SSSR count). The van der Waals surface area contributed by atoms with E-state index < -0.39 is 5.97 Å². The van der Waals surface area contributed by atoms with Gasteiger partial charge in [0.25, 0.3) is 0 Å². The highest BCUT2D eigenvalue weighted by molar-refractivity contribution is 7.13. The Hall–Kier alpha value is -1.70. The molecule has 0 N–H and O–H groups in total. The molecular formula is C14H15ClN2O4S. The first-order valence-electron chi connectivity index (χ1n) is 6.36.